The van der Waals surface area contributed by atoms with Crippen LogP contribution in [0.1, 0.15) is 38.1 Å². The molecule has 3 aromatic heterocycles. The summed E-state index contributed by atoms with van der Waals surface area (Å²) < 4.78 is 2.63. The van der Waals surface area contributed by atoms with Gasteiger partial charge in [-0.1, -0.05) is 0 Å². The fourth-order valence-corrected chi connectivity index (χ4v) is 6.25. The summed E-state index contributed by atoms with van der Waals surface area (Å²) in [6.45, 7) is 0. The number of aromatic nitrogens is 3. The molecule has 0 aromatic carbocycles. The first-order valence-electron chi connectivity index (χ1n) is 8.79. The van der Waals surface area contributed by atoms with E-state index in [-0.39, 0.29) is 0 Å². The van der Waals surface area contributed by atoms with E-state index in [0.717, 1.165) is 35.4 Å². The molecule has 3 nitrogen and oxygen atoms in total. The minimum Gasteiger partial charge on any atom is -0.346 e. The van der Waals surface area contributed by atoms with Gasteiger partial charge in [-0.05, 0) is 67.9 Å². The molecule has 4 fully saturated rings. The standard InChI is InChI=1S/C19H21N3/c1-3-20-19-16(1)18-13(10-21-19)2-4-22(18)17-14-6-11-5-12(8-14)9-15(17)7-11/h1-4,10-12,14-15,17H,5-9H2,(H,20,21). The van der Waals surface area contributed by atoms with Gasteiger partial charge in [-0.15, -0.1) is 0 Å². The molecule has 0 unspecified atom stereocenters. The van der Waals surface area contributed by atoms with Crippen LogP contribution in [0, 0.1) is 23.7 Å². The van der Waals surface area contributed by atoms with E-state index in [1.807, 2.05) is 12.4 Å². The monoisotopic (exact) mass is 291 g/mol. The van der Waals surface area contributed by atoms with Gasteiger partial charge in [0.1, 0.15) is 5.65 Å². The van der Waals surface area contributed by atoms with Crippen molar-refractivity contribution < 1.29 is 0 Å². The van der Waals surface area contributed by atoms with Crippen LogP contribution in [0.25, 0.3) is 21.9 Å². The van der Waals surface area contributed by atoms with Crippen molar-refractivity contribution >= 4 is 21.9 Å². The molecule has 4 aliphatic rings. The molecule has 0 amide bonds. The average molecular weight is 291 g/mol. The molecule has 0 radical (unpaired) electrons. The van der Waals surface area contributed by atoms with Crippen LogP contribution >= 0.6 is 0 Å². The molecule has 0 spiro atoms. The van der Waals surface area contributed by atoms with Crippen molar-refractivity contribution in [3.8, 4) is 0 Å². The number of nitrogens with zero attached hydrogens (tertiary/aromatic N) is 2. The number of hydrogen-bond acceptors (Lipinski definition) is 1. The molecule has 0 aliphatic heterocycles. The van der Waals surface area contributed by atoms with Crippen molar-refractivity contribution in [2.75, 3.05) is 0 Å². The summed E-state index contributed by atoms with van der Waals surface area (Å²) in [5, 5.41) is 2.58. The number of fused-ring (bicyclic) bond motifs is 3. The highest BCUT2D eigenvalue weighted by molar-refractivity contribution is 6.02. The first-order valence-corrected chi connectivity index (χ1v) is 8.79. The normalized spacial score (nSPS) is 36.6. The van der Waals surface area contributed by atoms with Gasteiger partial charge in [0.15, 0.2) is 0 Å². The van der Waals surface area contributed by atoms with Crippen LogP contribution in [0.15, 0.2) is 30.7 Å². The van der Waals surface area contributed by atoms with Gasteiger partial charge in [0.25, 0.3) is 0 Å². The Labute approximate surface area is 129 Å². The molecule has 4 bridgehead atoms. The van der Waals surface area contributed by atoms with Gasteiger partial charge in [0, 0.05) is 35.4 Å². The van der Waals surface area contributed by atoms with Gasteiger partial charge in [-0.3, -0.25) is 0 Å². The molecule has 112 valence electrons. The SMILES string of the molecule is c1cc2c(ncc3ccn(C4C5CC6CC(C5)CC4C6)c32)[nH]1. The Hall–Kier alpha value is -1.77. The second kappa shape index (κ2) is 3.95. The molecular weight excluding hydrogens is 270 g/mol. The summed E-state index contributed by atoms with van der Waals surface area (Å²) >= 11 is 0. The first kappa shape index (κ1) is 11.8. The Morgan fingerprint density at radius 1 is 1.00 bits per heavy atom. The quantitative estimate of drug-likeness (QED) is 0.703. The molecule has 22 heavy (non-hydrogen) atoms. The zero-order valence-electron chi connectivity index (χ0n) is 12.7. The lowest BCUT2D eigenvalue weighted by Crippen LogP contribution is -2.45. The van der Waals surface area contributed by atoms with E-state index in [0.29, 0.717) is 0 Å². The van der Waals surface area contributed by atoms with Crippen LogP contribution < -0.4 is 0 Å². The van der Waals surface area contributed by atoms with Crippen molar-refractivity contribution in [2.45, 2.75) is 38.1 Å². The highest BCUT2D eigenvalue weighted by Gasteiger charge is 2.49. The van der Waals surface area contributed by atoms with E-state index in [1.165, 1.54) is 48.4 Å². The zero-order valence-corrected chi connectivity index (χ0v) is 12.7. The Morgan fingerprint density at radius 2 is 1.77 bits per heavy atom. The summed E-state index contributed by atoms with van der Waals surface area (Å²) in [6.07, 6.45) is 13.8. The molecule has 1 N–H and O–H groups in total. The maximum absolute atomic E-state index is 4.55. The van der Waals surface area contributed by atoms with Crippen LogP contribution in [0.5, 0.6) is 0 Å². The Balaban J connectivity index is 1.58. The maximum Gasteiger partial charge on any atom is 0.139 e. The lowest BCUT2D eigenvalue weighted by atomic mass is 9.54. The summed E-state index contributed by atoms with van der Waals surface area (Å²) in [6, 6.07) is 5.18. The Bertz CT molecular complexity index is 843. The smallest absolute Gasteiger partial charge is 0.139 e. The summed E-state index contributed by atoms with van der Waals surface area (Å²) in [4.78, 5) is 7.82. The predicted molar refractivity (Wildman–Crippen MR) is 87.7 cm³/mol. The lowest BCUT2D eigenvalue weighted by Gasteiger charge is -2.54. The minimum atomic E-state index is 0.728. The van der Waals surface area contributed by atoms with Crippen LogP contribution in [0.2, 0.25) is 0 Å². The third-order valence-electron chi connectivity index (χ3n) is 6.76. The molecule has 3 aromatic rings. The van der Waals surface area contributed by atoms with Gasteiger partial charge in [-0.2, -0.15) is 0 Å². The third kappa shape index (κ3) is 1.40. The molecule has 4 aliphatic carbocycles. The van der Waals surface area contributed by atoms with Gasteiger partial charge in [0.05, 0.1) is 5.52 Å². The number of nitrogens with one attached hydrogen (secondary N) is 1. The van der Waals surface area contributed by atoms with E-state index in [4.69, 9.17) is 0 Å². The number of hydrogen-bond donors (Lipinski definition) is 1. The van der Waals surface area contributed by atoms with Crippen molar-refractivity contribution in [1.82, 2.24) is 14.5 Å². The van der Waals surface area contributed by atoms with E-state index in [1.54, 1.807) is 0 Å². The molecule has 4 saturated carbocycles. The minimum absolute atomic E-state index is 0.728. The third-order valence-corrected chi connectivity index (χ3v) is 6.76. The van der Waals surface area contributed by atoms with E-state index in [2.05, 4.69) is 32.9 Å². The Kier molecular flexibility index (Phi) is 2.11. The average Bonchev–Trinajstić information content (AvgIpc) is 3.11. The van der Waals surface area contributed by atoms with Gasteiger partial charge < -0.3 is 9.55 Å². The van der Waals surface area contributed by atoms with Crippen molar-refractivity contribution in [3.05, 3.63) is 30.7 Å². The molecule has 7 rings (SSSR count). The van der Waals surface area contributed by atoms with Gasteiger partial charge >= 0.3 is 0 Å². The summed E-state index contributed by atoms with van der Waals surface area (Å²) in [5.41, 5.74) is 2.43. The Morgan fingerprint density at radius 3 is 2.55 bits per heavy atom. The number of pyridine rings is 1. The highest BCUT2D eigenvalue weighted by Crippen LogP contribution is 2.58. The molecule has 3 heterocycles. The van der Waals surface area contributed by atoms with Gasteiger partial charge in [-0.25, -0.2) is 4.98 Å². The maximum atomic E-state index is 4.55. The molecule has 0 saturated heterocycles. The second-order valence-electron chi connectivity index (χ2n) is 7.95. The molecule has 0 atom stereocenters. The molecular formula is C19H21N3. The van der Waals surface area contributed by atoms with Crippen LogP contribution in [0.3, 0.4) is 0 Å². The van der Waals surface area contributed by atoms with E-state index >= 15 is 0 Å². The highest BCUT2D eigenvalue weighted by atomic mass is 15.0. The number of rotatable bonds is 1. The van der Waals surface area contributed by atoms with Crippen LogP contribution in [0.4, 0.5) is 0 Å². The van der Waals surface area contributed by atoms with Crippen molar-refractivity contribution in [3.63, 3.8) is 0 Å². The number of aromatic amines is 1. The zero-order chi connectivity index (χ0) is 14.3. The summed E-state index contributed by atoms with van der Waals surface area (Å²) in [7, 11) is 0. The first-order chi connectivity index (χ1) is 10.9. The van der Waals surface area contributed by atoms with Crippen molar-refractivity contribution in [1.29, 1.82) is 0 Å². The predicted octanol–water partition coefficient (Wildman–Crippen LogP) is 4.51. The lowest BCUT2D eigenvalue weighted by molar-refractivity contribution is -0.0274. The fourth-order valence-electron chi connectivity index (χ4n) is 6.25. The largest absolute Gasteiger partial charge is 0.346 e. The topological polar surface area (TPSA) is 33.6 Å². The van der Waals surface area contributed by atoms with Gasteiger partial charge in [0.2, 0.25) is 0 Å². The van der Waals surface area contributed by atoms with E-state index < -0.39 is 0 Å². The molecule has 3 heteroatoms. The van der Waals surface area contributed by atoms with Crippen LogP contribution in [-0.2, 0) is 0 Å². The van der Waals surface area contributed by atoms with Crippen molar-refractivity contribution in [2.24, 2.45) is 23.7 Å². The summed E-state index contributed by atoms with van der Waals surface area (Å²) in [5.74, 6) is 3.90. The van der Waals surface area contributed by atoms with Crippen LogP contribution in [-0.4, -0.2) is 14.5 Å². The number of H-pyrrole nitrogens is 1. The second-order valence-corrected chi connectivity index (χ2v) is 7.95. The van der Waals surface area contributed by atoms with E-state index in [9.17, 15) is 0 Å². The fraction of sp³-hybridized carbons (Fsp3) is 0.526.